The molecule has 0 saturated carbocycles. The van der Waals surface area contributed by atoms with Gasteiger partial charge < -0.3 is 11.1 Å². The van der Waals surface area contributed by atoms with Crippen molar-refractivity contribution in [2.24, 2.45) is 5.73 Å². The van der Waals surface area contributed by atoms with E-state index in [1.807, 2.05) is 0 Å². The van der Waals surface area contributed by atoms with Crippen LogP contribution in [0.5, 0.6) is 0 Å². The second kappa shape index (κ2) is 8.14. The van der Waals surface area contributed by atoms with Gasteiger partial charge in [-0.1, -0.05) is 34.8 Å². The molecule has 3 N–H and O–H groups in total. The van der Waals surface area contributed by atoms with Crippen LogP contribution in [0.2, 0.25) is 0 Å². The summed E-state index contributed by atoms with van der Waals surface area (Å²) in [6, 6.07) is 0. The Morgan fingerprint density at radius 2 is 1.83 bits per heavy atom. The van der Waals surface area contributed by atoms with Gasteiger partial charge >= 0.3 is 0 Å². The minimum Gasteiger partial charge on any atom is -0.329 e. The molecular formula is C7H13Cl3N2. The van der Waals surface area contributed by atoms with Gasteiger partial charge in [-0.25, -0.2) is 0 Å². The van der Waals surface area contributed by atoms with E-state index in [0.717, 1.165) is 19.5 Å². The highest BCUT2D eigenvalue weighted by molar-refractivity contribution is 6.59. The summed E-state index contributed by atoms with van der Waals surface area (Å²) in [5, 5.41) is 3.66. The van der Waals surface area contributed by atoms with Crippen molar-refractivity contribution in [3.8, 4) is 0 Å². The number of rotatable bonds is 6. The zero-order chi connectivity index (χ0) is 9.40. The summed E-state index contributed by atoms with van der Waals surface area (Å²) in [7, 11) is 0. The Balaban J connectivity index is 3.26. The third-order valence-corrected chi connectivity index (χ3v) is 2.30. The lowest BCUT2D eigenvalue weighted by Gasteiger charge is -2.01. The maximum atomic E-state index is 5.69. The van der Waals surface area contributed by atoms with Gasteiger partial charge in [0.05, 0.1) is 0 Å². The lowest BCUT2D eigenvalue weighted by atomic mass is 10.3. The molecule has 0 aromatic carbocycles. The summed E-state index contributed by atoms with van der Waals surface area (Å²) < 4.78 is 0.162. The van der Waals surface area contributed by atoms with E-state index in [1.54, 1.807) is 0 Å². The lowest BCUT2D eigenvalue weighted by Crippen LogP contribution is -2.23. The molecule has 0 fully saturated rings. The Kier molecular flexibility index (Phi) is 8.50. The summed E-state index contributed by atoms with van der Waals surface area (Å²) >= 11 is 16.6. The van der Waals surface area contributed by atoms with Crippen LogP contribution in [0.4, 0.5) is 0 Å². The molecule has 0 aliphatic carbocycles. The van der Waals surface area contributed by atoms with Crippen LogP contribution in [0.15, 0.2) is 9.52 Å². The highest BCUT2D eigenvalue weighted by Crippen LogP contribution is 2.21. The van der Waals surface area contributed by atoms with E-state index < -0.39 is 0 Å². The van der Waals surface area contributed by atoms with E-state index in [4.69, 9.17) is 40.5 Å². The van der Waals surface area contributed by atoms with Crippen LogP contribution >= 0.6 is 34.8 Å². The Morgan fingerprint density at radius 1 is 1.17 bits per heavy atom. The zero-order valence-electron chi connectivity index (χ0n) is 6.75. The molecule has 0 unspecified atom stereocenters. The molecule has 12 heavy (non-hydrogen) atoms. The van der Waals surface area contributed by atoms with Crippen molar-refractivity contribution in [1.29, 1.82) is 0 Å². The maximum Gasteiger partial charge on any atom is 0.121 e. The van der Waals surface area contributed by atoms with Crippen molar-refractivity contribution < 1.29 is 0 Å². The van der Waals surface area contributed by atoms with E-state index in [2.05, 4.69) is 5.32 Å². The monoisotopic (exact) mass is 230 g/mol. The quantitative estimate of drug-likeness (QED) is 0.688. The first-order chi connectivity index (χ1) is 5.68. The van der Waals surface area contributed by atoms with Crippen molar-refractivity contribution in [3.05, 3.63) is 9.52 Å². The van der Waals surface area contributed by atoms with Crippen LogP contribution in [0.1, 0.15) is 12.8 Å². The van der Waals surface area contributed by atoms with Gasteiger partial charge in [0.15, 0.2) is 0 Å². The first-order valence-electron chi connectivity index (χ1n) is 3.79. The number of nitrogens with one attached hydrogen (secondary N) is 1. The molecule has 0 bridgehead atoms. The average Bonchev–Trinajstić information content (AvgIpc) is 2.03. The van der Waals surface area contributed by atoms with Gasteiger partial charge in [-0.15, -0.1) is 0 Å². The van der Waals surface area contributed by atoms with Crippen LogP contribution in [0, 0.1) is 0 Å². The van der Waals surface area contributed by atoms with Crippen LogP contribution in [0.3, 0.4) is 0 Å². The average molecular weight is 232 g/mol. The molecule has 0 aromatic heterocycles. The SMILES string of the molecule is NCCNCCCC(Cl)=C(Cl)Cl. The highest BCUT2D eigenvalue weighted by atomic mass is 35.5. The van der Waals surface area contributed by atoms with Crippen LogP contribution < -0.4 is 11.1 Å². The van der Waals surface area contributed by atoms with Crippen molar-refractivity contribution in [2.75, 3.05) is 19.6 Å². The van der Waals surface area contributed by atoms with Crippen molar-refractivity contribution in [3.63, 3.8) is 0 Å². The molecule has 0 amide bonds. The maximum absolute atomic E-state index is 5.69. The summed E-state index contributed by atoms with van der Waals surface area (Å²) in [4.78, 5) is 0. The van der Waals surface area contributed by atoms with Gasteiger partial charge in [-0.3, -0.25) is 0 Å². The largest absolute Gasteiger partial charge is 0.329 e. The number of hydrogen-bond donors (Lipinski definition) is 2. The molecule has 72 valence electrons. The fourth-order valence-corrected chi connectivity index (χ4v) is 1.01. The smallest absolute Gasteiger partial charge is 0.121 e. The van der Waals surface area contributed by atoms with Crippen LogP contribution in [-0.4, -0.2) is 19.6 Å². The second-order valence-electron chi connectivity index (χ2n) is 2.31. The summed E-state index contributed by atoms with van der Waals surface area (Å²) in [5.74, 6) is 0. The highest BCUT2D eigenvalue weighted by Gasteiger charge is 1.97. The molecule has 0 spiro atoms. The molecule has 0 rings (SSSR count). The Morgan fingerprint density at radius 3 is 2.33 bits per heavy atom. The molecule has 0 atom stereocenters. The van der Waals surface area contributed by atoms with Gasteiger partial charge in [0, 0.05) is 18.1 Å². The van der Waals surface area contributed by atoms with Gasteiger partial charge in [-0.05, 0) is 19.4 Å². The number of nitrogens with two attached hydrogens (primary N) is 1. The second-order valence-corrected chi connectivity index (χ2v) is 3.71. The third kappa shape index (κ3) is 7.19. The van der Waals surface area contributed by atoms with Gasteiger partial charge in [0.2, 0.25) is 0 Å². The Hall–Kier alpha value is 0.530. The van der Waals surface area contributed by atoms with Crippen molar-refractivity contribution >= 4 is 34.8 Å². The number of hydrogen-bond acceptors (Lipinski definition) is 2. The predicted octanol–water partition coefficient (Wildman–Crippen LogP) is 2.20. The third-order valence-electron chi connectivity index (χ3n) is 1.28. The van der Waals surface area contributed by atoms with E-state index in [1.165, 1.54) is 0 Å². The molecular weight excluding hydrogens is 218 g/mol. The van der Waals surface area contributed by atoms with Gasteiger partial charge in [0.25, 0.3) is 0 Å². The first kappa shape index (κ1) is 12.5. The molecule has 0 aliphatic heterocycles. The minimum atomic E-state index is 0.162. The zero-order valence-corrected chi connectivity index (χ0v) is 9.01. The number of halogens is 3. The van der Waals surface area contributed by atoms with E-state index in [9.17, 15) is 0 Å². The topological polar surface area (TPSA) is 38.0 Å². The van der Waals surface area contributed by atoms with E-state index in [-0.39, 0.29) is 4.49 Å². The molecule has 5 heteroatoms. The fraction of sp³-hybridized carbons (Fsp3) is 0.714. The predicted molar refractivity (Wildman–Crippen MR) is 55.7 cm³/mol. The normalized spacial score (nSPS) is 10.0. The Labute approximate surface area is 88.0 Å². The summed E-state index contributed by atoms with van der Waals surface area (Å²) in [6.07, 6.45) is 1.63. The minimum absolute atomic E-state index is 0.162. The van der Waals surface area contributed by atoms with Gasteiger partial charge in [-0.2, -0.15) is 0 Å². The lowest BCUT2D eigenvalue weighted by molar-refractivity contribution is 0.657. The van der Waals surface area contributed by atoms with Gasteiger partial charge in [0.1, 0.15) is 4.49 Å². The Bertz CT molecular complexity index is 144. The van der Waals surface area contributed by atoms with Crippen molar-refractivity contribution in [1.82, 2.24) is 5.32 Å². The fourth-order valence-electron chi connectivity index (χ4n) is 0.690. The molecule has 0 saturated heterocycles. The summed E-state index contributed by atoms with van der Waals surface area (Å²) in [5.41, 5.74) is 5.28. The standard InChI is InChI=1S/C7H13Cl3N2/c8-6(7(9)10)2-1-4-12-5-3-11/h12H,1-5,11H2. The molecule has 0 aromatic rings. The summed E-state index contributed by atoms with van der Waals surface area (Å²) in [6.45, 7) is 2.37. The molecule has 0 radical (unpaired) electrons. The molecule has 0 aliphatic rings. The first-order valence-corrected chi connectivity index (χ1v) is 4.92. The van der Waals surface area contributed by atoms with Crippen LogP contribution in [-0.2, 0) is 0 Å². The molecule has 0 heterocycles. The van der Waals surface area contributed by atoms with Crippen molar-refractivity contribution in [2.45, 2.75) is 12.8 Å². The molecule has 2 nitrogen and oxygen atoms in total. The van der Waals surface area contributed by atoms with Crippen LogP contribution in [0.25, 0.3) is 0 Å². The van der Waals surface area contributed by atoms with E-state index >= 15 is 0 Å². The van der Waals surface area contributed by atoms with E-state index in [0.29, 0.717) is 18.0 Å². The number of allylic oxidation sites excluding steroid dienone is 1.